The van der Waals surface area contributed by atoms with Crippen LogP contribution in [0.15, 0.2) is 59.5 Å². The number of para-hydroxylation sites is 1. The van der Waals surface area contributed by atoms with Crippen molar-refractivity contribution in [1.29, 1.82) is 0 Å². The summed E-state index contributed by atoms with van der Waals surface area (Å²) in [7, 11) is 2.02. The van der Waals surface area contributed by atoms with Gasteiger partial charge in [0.2, 0.25) is 5.91 Å². The first-order chi connectivity index (χ1) is 11.1. The molecule has 2 rings (SSSR count). The van der Waals surface area contributed by atoms with Gasteiger partial charge in [-0.25, -0.2) is 0 Å². The van der Waals surface area contributed by atoms with Crippen LogP contribution < -0.4 is 10.2 Å². The van der Waals surface area contributed by atoms with Crippen molar-refractivity contribution in [3.63, 3.8) is 0 Å². The van der Waals surface area contributed by atoms with Crippen molar-refractivity contribution >= 4 is 35.0 Å². The number of thioether (sulfide) groups is 1. The number of nitrogens with one attached hydrogen (secondary N) is 1. The van der Waals surface area contributed by atoms with Crippen molar-refractivity contribution in [2.45, 2.75) is 17.1 Å². The number of hydrogen-bond acceptors (Lipinski definition) is 3. The van der Waals surface area contributed by atoms with Crippen LogP contribution in [-0.2, 0) is 4.79 Å². The molecular weight excluding hydrogens is 328 g/mol. The molecule has 0 heterocycles. The summed E-state index contributed by atoms with van der Waals surface area (Å²) < 4.78 is 0. The van der Waals surface area contributed by atoms with Crippen molar-refractivity contribution in [1.82, 2.24) is 5.32 Å². The average Bonchev–Trinajstić information content (AvgIpc) is 2.57. The Hall–Kier alpha value is -1.65. The summed E-state index contributed by atoms with van der Waals surface area (Å²) in [6.07, 6.45) is 0. The fraction of sp³-hybridized carbons (Fsp3) is 0.278. The number of amides is 1. The van der Waals surface area contributed by atoms with E-state index in [1.165, 1.54) is 11.8 Å². The molecule has 122 valence electrons. The first-order valence-corrected chi connectivity index (χ1v) is 8.78. The van der Waals surface area contributed by atoms with Crippen LogP contribution in [-0.4, -0.2) is 31.3 Å². The van der Waals surface area contributed by atoms with Crippen molar-refractivity contribution < 1.29 is 4.79 Å². The van der Waals surface area contributed by atoms with Gasteiger partial charge in [-0.05, 0) is 43.3 Å². The molecule has 1 amide bonds. The number of carbonyl (C=O) groups is 1. The number of carbonyl (C=O) groups excluding carboxylic acids is 1. The zero-order chi connectivity index (χ0) is 16.7. The number of anilines is 1. The van der Waals surface area contributed by atoms with E-state index in [-0.39, 0.29) is 11.2 Å². The van der Waals surface area contributed by atoms with Crippen LogP contribution in [0, 0.1) is 0 Å². The lowest BCUT2D eigenvalue weighted by Crippen LogP contribution is -2.36. The fourth-order valence-electron chi connectivity index (χ4n) is 2.07. The third kappa shape index (κ3) is 5.81. The minimum absolute atomic E-state index is 0.0476. The molecular formula is C18H21ClN2OS. The lowest BCUT2D eigenvalue weighted by atomic mass is 10.3. The molecule has 2 aromatic rings. The van der Waals surface area contributed by atoms with Crippen molar-refractivity contribution in [3.8, 4) is 0 Å². The molecule has 1 atom stereocenters. The molecule has 0 bridgehead atoms. The largest absolute Gasteiger partial charge is 0.373 e. The van der Waals surface area contributed by atoms with Crippen molar-refractivity contribution in [2.24, 2.45) is 0 Å². The van der Waals surface area contributed by atoms with E-state index in [4.69, 9.17) is 11.6 Å². The number of nitrogens with zero attached hydrogens (tertiary/aromatic N) is 1. The quantitative estimate of drug-likeness (QED) is 0.765. The molecule has 0 aliphatic carbocycles. The Labute approximate surface area is 147 Å². The van der Waals surface area contributed by atoms with E-state index >= 15 is 0 Å². The predicted molar refractivity (Wildman–Crippen MR) is 99.5 cm³/mol. The monoisotopic (exact) mass is 348 g/mol. The highest BCUT2D eigenvalue weighted by Crippen LogP contribution is 2.24. The van der Waals surface area contributed by atoms with Gasteiger partial charge in [0.05, 0.1) is 5.25 Å². The summed E-state index contributed by atoms with van der Waals surface area (Å²) in [4.78, 5) is 15.3. The summed E-state index contributed by atoms with van der Waals surface area (Å²) in [6, 6.07) is 17.7. The molecule has 0 fully saturated rings. The second-order valence-corrected chi connectivity index (χ2v) is 7.11. The zero-order valence-corrected chi connectivity index (χ0v) is 14.9. The van der Waals surface area contributed by atoms with Crippen LogP contribution in [0.1, 0.15) is 6.92 Å². The first kappa shape index (κ1) is 17.7. The van der Waals surface area contributed by atoms with E-state index in [9.17, 15) is 4.79 Å². The lowest BCUT2D eigenvalue weighted by molar-refractivity contribution is -0.120. The highest BCUT2D eigenvalue weighted by molar-refractivity contribution is 8.00. The maximum absolute atomic E-state index is 12.2. The number of rotatable bonds is 7. The van der Waals surface area contributed by atoms with Gasteiger partial charge in [-0.15, -0.1) is 11.8 Å². The molecule has 1 unspecified atom stereocenters. The van der Waals surface area contributed by atoms with Gasteiger partial charge in [0.1, 0.15) is 0 Å². The molecule has 0 saturated carbocycles. The predicted octanol–water partition coefficient (Wildman–Crippen LogP) is 4.07. The summed E-state index contributed by atoms with van der Waals surface area (Å²) in [6.45, 7) is 3.30. The molecule has 0 aromatic heterocycles. The highest BCUT2D eigenvalue weighted by Gasteiger charge is 2.14. The van der Waals surface area contributed by atoms with E-state index in [1.54, 1.807) is 0 Å². The number of halogens is 1. The SMILES string of the molecule is CC(Sc1ccc(Cl)cc1)C(=O)NCCN(C)c1ccccc1. The summed E-state index contributed by atoms with van der Waals surface area (Å²) in [5.74, 6) is 0.0476. The second kappa shape index (κ2) is 8.85. The average molecular weight is 349 g/mol. The van der Waals surface area contributed by atoms with Crippen molar-refractivity contribution in [3.05, 3.63) is 59.6 Å². The lowest BCUT2D eigenvalue weighted by Gasteiger charge is -2.20. The summed E-state index contributed by atoms with van der Waals surface area (Å²) >= 11 is 7.40. The Kier molecular flexibility index (Phi) is 6.81. The fourth-order valence-corrected chi connectivity index (χ4v) is 3.09. The minimum Gasteiger partial charge on any atom is -0.373 e. The molecule has 0 aliphatic heterocycles. The normalized spacial score (nSPS) is 11.8. The smallest absolute Gasteiger partial charge is 0.233 e. The summed E-state index contributed by atoms with van der Waals surface area (Å²) in [5, 5.41) is 3.55. The standard InChI is InChI=1S/C18H21ClN2OS/c1-14(23-17-10-8-15(19)9-11-17)18(22)20-12-13-21(2)16-6-4-3-5-7-16/h3-11,14H,12-13H2,1-2H3,(H,20,22). The van der Waals surface area contributed by atoms with E-state index in [1.807, 2.05) is 56.4 Å². The number of likely N-dealkylation sites (N-methyl/N-ethyl adjacent to an activating group) is 1. The second-order valence-electron chi connectivity index (χ2n) is 5.26. The first-order valence-electron chi connectivity index (χ1n) is 7.52. The molecule has 0 aliphatic rings. The van der Waals surface area contributed by atoms with Crippen LogP contribution in [0.5, 0.6) is 0 Å². The van der Waals surface area contributed by atoms with E-state index in [0.717, 1.165) is 17.1 Å². The van der Waals surface area contributed by atoms with E-state index < -0.39 is 0 Å². The van der Waals surface area contributed by atoms with Gasteiger partial charge in [-0.1, -0.05) is 29.8 Å². The van der Waals surface area contributed by atoms with Gasteiger partial charge in [0, 0.05) is 35.7 Å². The van der Waals surface area contributed by atoms with Crippen LogP contribution in [0.4, 0.5) is 5.69 Å². The Morgan fingerprint density at radius 1 is 1.17 bits per heavy atom. The Balaban J connectivity index is 1.74. The van der Waals surface area contributed by atoms with Gasteiger partial charge in [-0.3, -0.25) is 4.79 Å². The van der Waals surface area contributed by atoms with E-state index in [2.05, 4.69) is 22.3 Å². The van der Waals surface area contributed by atoms with Gasteiger partial charge < -0.3 is 10.2 Å². The molecule has 2 aromatic carbocycles. The van der Waals surface area contributed by atoms with Gasteiger partial charge in [-0.2, -0.15) is 0 Å². The Bertz CT molecular complexity index is 619. The van der Waals surface area contributed by atoms with Gasteiger partial charge in [0.25, 0.3) is 0 Å². The number of benzene rings is 2. The summed E-state index contributed by atoms with van der Waals surface area (Å²) in [5.41, 5.74) is 1.14. The van der Waals surface area contributed by atoms with Crippen LogP contribution >= 0.6 is 23.4 Å². The molecule has 23 heavy (non-hydrogen) atoms. The molecule has 3 nitrogen and oxygen atoms in total. The molecule has 0 saturated heterocycles. The van der Waals surface area contributed by atoms with Crippen LogP contribution in [0.3, 0.4) is 0 Å². The zero-order valence-electron chi connectivity index (χ0n) is 13.3. The third-order valence-electron chi connectivity index (χ3n) is 3.44. The van der Waals surface area contributed by atoms with Crippen LogP contribution in [0.2, 0.25) is 5.02 Å². The topological polar surface area (TPSA) is 32.3 Å². The highest BCUT2D eigenvalue weighted by atomic mass is 35.5. The molecule has 0 spiro atoms. The molecule has 0 radical (unpaired) electrons. The van der Waals surface area contributed by atoms with Gasteiger partial charge in [0.15, 0.2) is 0 Å². The van der Waals surface area contributed by atoms with Crippen molar-refractivity contribution in [2.75, 3.05) is 25.0 Å². The maximum Gasteiger partial charge on any atom is 0.233 e. The third-order valence-corrected chi connectivity index (χ3v) is 4.80. The van der Waals surface area contributed by atoms with Gasteiger partial charge >= 0.3 is 0 Å². The Morgan fingerprint density at radius 2 is 1.83 bits per heavy atom. The maximum atomic E-state index is 12.2. The van der Waals surface area contributed by atoms with E-state index in [0.29, 0.717) is 11.6 Å². The molecule has 1 N–H and O–H groups in total. The minimum atomic E-state index is -0.141. The number of hydrogen-bond donors (Lipinski definition) is 1. The molecule has 5 heteroatoms. The Morgan fingerprint density at radius 3 is 2.48 bits per heavy atom. The van der Waals surface area contributed by atoms with Crippen LogP contribution in [0.25, 0.3) is 0 Å².